The van der Waals surface area contributed by atoms with Crippen molar-refractivity contribution >= 4 is 5.91 Å². The number of aromatic nitrogens is 1. The molecule has 1 aliphatic carbocycles. The van der Waals surface area contributed by atoms with Crippen LogP contribution < -0.4 is 5.32 Å². The van der Waals surface area contributed by atoms with E-state index < -0.39 is 0 Å². The van der Waals surface area contributed by atoms with Crippen LogP contribution >= 0.6 is 0 Å². The fourth-order valence-electron chi connectivity index (χ4n) is 4.03. The first-order chi connectivity index (χ1) is 11.2. The van der Waals surface area contributed by atoms with Gasteiger partial charge in [0.05, 0.1) is 24.9 Å². The van der Waals surface area contributed by atoms with Gasteiger partial charge in [0.25, 0.3) is 0 Å². The van der Waals surface area contributed by atoms with E-state index in [1.165, 1.54) is 32.1 Å². The van der Waals surface area contributed by atoms with E-state index in [9.17, 15) is 9.90 Å². The van der Waals surface area contributed by atoms with Gasteiger partial charge in [0.2, 0.25) is 5.91 Å². The molecule has 0 spiro atoms. The molecular formula is C18H27N3O2. The van der Waals surface area contributed by atoms with E-state index in [0.717, 1.165) is 12.1 Å². The summed E-state index contributed by atoms with van der Waals surface area (Å²) in [4.78, 5) is 18.6. The van der Waals surface area contributed by atoms with Crippen molar-refractivity contribution in [2.24, 2.45) is 5.92 Å². The highest BCUT2D eigenvalue weighted by atomic mass is 16.3. The maximum Gasteiger partial charge on any atom is 0.234 e. The number of carbonyl (C=O) groups excluding carboxylic acids is 1. The van der Waals surface area contributed by atoms with E-state index in [2.05, 4.69) is 15.2 Å². The zero-order chi connectivity index (χ0) is 16.1. The summed E-state index contributed by atoms with van der Waals surface area (Å²) in [5.41, 5.74) is 0.867. The summed E-state index contributed by atoms with van der Waals surface area (Å²) < 4.78 is 0. The van der Waals surface area contributed by atoms with Gasteiger partial charge in [-0.05, 0) is 37.3 Å². The molecule has 0 bridgehead atoms. The van der Waals surface area contributed by atoms with Crippen LogP contribution in [0.25, 0.3) is 0 Å². The minimum atomic E-state index is -0.287. The first-order valence-corrected chi connectivity index (χ1v) is 8.81. The molecule has 1 saturated carbocycles. The van der Waals surface area contributed by atoms with Gasteiger partial charge in [-0.15, -0.1) is 0 Å². The smallest absolute Gasteiger partial charge is 0.234 e. The number of carbonyl (C=O) groups is 1. The second-order valence-electron chi connectivity index (χ2n) is 6.88. The second kappa shape index (κ2) is 7.88. The number of aliphatic hydroxyl groups excluding tert-OH is 1. The predicted molar refractivity (Wildman–Crippen MR) is 88.6 cm³/mol. The van der Waals surface area contributed by atoms with Crippen LogP contribution in [0.1, 0.15) is 44.2 Å². The quantitative estimate of drug-likeness (QED) is 0.868. The number of likely N-dealkylation sites (tertiary alicyclic amines) is 1. The van der Waals surface area contributed by atoms with Crippen molar-refractivity contribution in [3.63, 3.8) is 0 Å². The second-order valence-corrected chi connectivity index (χ2v) is 6.88. The van der Waals surface area contributed by atoms with Gasteiger partial charge < -0.3 is 10.4 Å². The third-order valence-electron chi connectivity index (χ3n) is 5.16. The van der Waals surface area contributed by atoms with Crippen molar-refractivity contribution in [3.05, 3.63) is 30.1 Å². The molecule has 1 amide bonds. The predicted octanol–water partition coefficient (Wildman–Crippen LogP) is 1.71. The highest BCUT2D eigenvalue weighted by Gasteiger charge is 2.37. The Morgan fingerprint density at radius 3 is 2.87 bits per heavy atom. The zero-order valence-electron chi connectivity index (χ0n) is 13.7. The van der Waals surface area contributed by atoms with Crippen molar-refractivity contribution in [1.82, 2.24) is 15.2 Å². The molecule has 2 N–H and O–H groups in total. The van der Waals surface area contributed by atoms with Gasteiger partial charge in [0, 0.05) is 18.8 Å². The Morgan fingerprint density at radius 1 is 1.30 bits per heavy atom. The molecule has 2 fully saturated rings. The molecule has 0 radical (unpaired) electrons. The van der Waals surface area contributed by atoms with E-state index in [0.29, 0.717) is 31.6 Å². The van der Waals surface area contributed by atoms with Crippen molar-refractivity contribution in [2.75, 3.05) is 13.1 Å². The third-order valence-corrected chi connectivity index (χ3v) is 5.16. The molecule has 5 nitrogen and oxygen atoms in total. The first-order valence-electron chi connectivity index (χ1n) is 8.81. The molecule has 23 heavy (non-hydrogen) atoms. The molecule has 2 unspecified atom stereocenters. The number of pyridine rings is 1. The summed E-state index contributed by atoms with van der Waals surface area (Å²) in [6.45, 7) is 1.47. The number of nitrogens with one attached hydrogen (secondary N) is 1. The Morgan fingerprint density at radius 2 is 2.13 bits per heavy atom. The van der Waals surface area contributed by atoms with E-state index in [1.807, 2.05) is 18.2 Å². The van der Waals surface area contributed by atoms with Crippen LogP contribution in [0.2, 0.25) is 0 Å². The van der Waals surface area contributed by atoms with Gasteiger partial charge >= 0.3 is 0 Å². The Hall–Kier alpha value is -1.46. The van der Waals surface area contributed by atoms with Crippen LogP contribution in [0, 0.1) is 5.92 Å². The van der Waals surface area contributed by atoms with Gasteiger partial charge in [0.1, 0.15) is 0 Å². The third kappa shape index (κ3) is 4.52. The Kier molecular flexibility index (Phi) is 5.62. The SMILES string of the molecule is O=C(CN1CC(O)CC1C1CCCCC1)NCc1ccccn1. The van der Waals surface area contributed by atoms with Crippen molar-refractivity contribution in [2.45, 2.75) is 57.2 Å². The van der Waals surface area contributed by atoms with E-state index in [4.69, 9.17) is 0 Å². The lowest BCUT2D eigenvalue weighted by Gasteiger charge is -2.33. The molecule has 5 heteroatoms. The lowest BCUT2D eigenvalue weighted by atomic mass is 9.83. The number of β-amino-alcohol motifs (C(OH)–C–C–N with tert-alkyl or cyclic N) is 1. The Balaban J connectivity index is 1.51. The van der Waals surface area contributed by atoms with Gasteiger partial charge in [-0.25, -0.2) is 0 Å². The molecule has 1 aromatic heterocycles. The number of rotatable bonds is 5. The largest absolute Gasteiger partial charge is 0.392 e. The maximum absolute atomic E-state index is 12.2. The maximum atomic E-state index is 12.2. The van der Waals surface area contributed by atoms with E-state index >= 15 is 0 Å². The topological polar surface area (TPSA) is 65.5 Å². The molecule has 1 aliphatic heterocycles. The number of amides is 1. The summed E-state index contributed by atoms with van der Waals surface area (Å²) in [6.07, 6.45) is 8.65. The fourth-order valence-corrected chi connectivity index (χ4v) is 4.03. The minimum Gasteiger partial charge on any atom is -0.392 e. The molecule has 1 saturated heterocycles. The first kappa shape index (κ1) is 16.4. The highest BCUT2D eigenvalue weighted by molar-refractivity contribution is 5.78. The summed E-state index contributed by atoms with van der Waals surface area (Å²) in [6, 6.07) is 6.06. The van der Waals surface area contributed by atoms with Crippen LogP contribution in [0.5, 0.6) is 0 Å². The van der Waals surface area contributed by atoms with Crippen LogP contribution in [-0.2, 0) is 11.3 Å². The lowest BCUT2D eigenvalue weighted by Crippen LogP contribution is -2.43. The number of nitrogens with zero attached hydrogens (tertiary/aromatic N) is 2. The Bertz CT molecular complexity index is 502. The number of hydrogen-bond acceptors (Lipinski definition) is 4. The molecule has 2 aliphatic rings. The molecule has 2 heterocycles. The zero-order valence-corrected chi connectivity index (χ0v) is 13.7. The lowest BCUT2D eigenvalue weighted by molar-refractivity contribution is -0.123. The number of hydrogen-bond donors (Lipinski definition) is 2. The summed E-state index contributed by atoms with van der Waals surface area (Å²) in [5.74, 6) is 0.662. The monoisotopic (exact) mass is 317 g/mol. The minimum absolute atomic E-state index is 0.0190. The molecule has 2 atom stereocenters. The van der Waals surface area contributed by atoms with Crippen LogP contribution in [0.3, 0.4) is 0 Å². The standard InChI is InChI=1S/C18H27N3O2/c22-16-10-17(14-6-2-1-3-7-14)21(12-16)13-18(23)20-11-15-8-4-5-9-19-15/h4-5,8-9,14,16-17,22H,1-3,6-7,10-13H2,(H,20,23). The van der Waals surface area contributed by atoms with Crippen LogP contribution in [-0.4, -0.2) is 46.1 Å². The highest BCUT2D eigenvalue weighted by Crippen LogP contribution is 2.34. The molecule has 0 aromatic carbocycles. The van der Waals surface area contributed by atoms with Gasteiger partial charge in [0.15, 0.2) is 0 Å². The summed E-state index contributed by atoms with van der Waals surface area (Å²) >= 11 is 0. The van der Waals surface area contributed by atoms with Crippen LogP contribution in [0.4, 0.5) is 0 Å². The normalized spacial score (nSPS) is 26.3. The molecule has 126 valence electrons. The van der Waals surface area contributed by atoms with Crippen LogP contribution in [0.15, 0.2) is 24.4 Å². The average Bonchev–Trinajstić information content (AvgIpc) is 2.95. The molecule has 3 rings (SSSR count). The van der Waals surface area contributed by atoms with Gasteiger partial charge in [-0.2, -0.15) is 0 Å². The van der Waals surface area contributed by atoms with E-state index in [1.54, 1.807) is 6.20 Å². The van der Waals surface area contributed by atoms with Crippen molar-refractivity contribution < 1.29 is 9.90 Å². The fraction of sp³-hybridized carbons (Fsp3) is 0.667. The number of aliphatic hydroxyl groups is 1. The molecular weight excluding hydrogens is 290 g/mol. The van der Waals surface area contributed by atoms with Gasteiger partial charge in [-0.1, -0.05) is 25.3 Å². The molecule has 1 aromatic rings. The van der Waals surface area contributed by atoms with E-state index in [-0.39, 0.29) is 12.0 Å². The van der Waals surface area contributed by atoms with Crippen molar-refractivity contribution in [3.8, 4) is 0 Å². The average molecular weight is 317 g/mol. The summed E-state index contributed by atoms with van der Waals surface area (Å²) in [7, 11) is 0. The van der Waals surface area contributed by atoms with Crippen molar-refractivity contribution in [1.29, 1.82) is 0 Å². The Labute approximate surface area is 138 Å². The summed E-state index contributed by atoms with van der Waals surface area (Å²) in [5, 5.41) is 13.0. The van der Waals surface area contributed by atoms with Gasteiger partial charge in [-0.3, -0.25) is 14.7 Å².